The van der Waals surface area contributed by atoms with Gasteiger partial charge in [0.1, 0.15) is 17.2 Å². The van der Waals surface area contributed by atoms with E-state index in [4.69, 9.17) is 21.1 Å². The summed E-state index contributed by atoms with van der Waals surface area (Å²) >= 11 is 6.18. The minimum absolute atomic E-state index is 0.288. The van der Waals surface area contributed by atoms with Gasteiger partial charge in [-0.15, -0.1) is 0 Å². The molecular formula is C21H21ClN4O4. The molecule has 0 saturated heterocycles. The fourth-order valence-electron chi connectivity index (χ4n) is 2.84. The Bertz CT molecular complexity index is 1100. The molecule has 156 valence electrons. The Morgan fingerprint density at radius 1 is 1.13 bits per heavy atom. The number of pyridine rings is 1. The number of nitrogens with zero attached hydrogens (tertiary/aromatic N) is 1. The highest BCUT2D eigenvalue weighted by molar-refractivity contribution is 6.33. The zero-order valence-electron chi connectivity index (χ0n) is 16.7. The van der Waals surface area contributed by atoms with Crippen molar-refractivity contribution in [3.05, 3.63) is 53.2 Å². The Morgan fingerprint density at radius 3 is 2.63 bits per heavy atom. The van der Waals surface area contributed by atoms with Gasteiger partial charge in [0.2, 0.25) is 0 Å². The summed E-state index contributed by atoms with van der Waals surface area (Å²) < 4.78 is 11.3. The first-order valence-electron chi connectivity index (χ1n) is 9.18. The number of aromatic nitrogens is 1. The van der Waals surface area contributed by atoms with Gasteiger partial charge in [-0.2, -0.15) is 0 Å². The Hall–Kier alpha value is -3.52. The van der Waals surface area contributed by atoms with Crippen LogP contribution in [0.2, 0.25) is 5.02 Å². The van der Waals surface area contributed by atoms with E-state index >= 15 is 0 Å². The minimum atomic E-state index is -0.367. The third-order valence-electron chi connectivity index (χ3n) is 4.25. The van der Waals surface area contributed by atoms with Crippen molar-refractivity contribution in [1.82, 2.24) is 15.6 Å². The SMILES string of the molecule is CCNC(=O)Nc1cc(Oc2ccnc3cc(OC)c(C(=O)NC)cc23)ccc1Cl. The summed E-state index contributed by atoms with van der Waals surface area (Å²) in [6.45, 7) is 2.30. The molecule has 0 fully saturated rings. The molecule has 0 bridgehead atoms. The molecule has 0 spiro atoms. The van der Waals surface area contributed by atoms with Crippen LogP contribution < -0.4 is 25.4 Å². The van der Waals surface area contributed by atoms with Crippen LogP contribution in [0.4, 0.5) is 10.5 Å². The average Bonchev–Trinajstić information content (AvgIpc) is 2.75. The minimum Gasteiger partial charge on any atom is -0.496 e. The largest absolute Gasteiger partial charge is 0.496 e. The molecule has 1 aromatic heterocycles. The number of amides is 3. The summed E-state index contributed by atoms with van der Waals surface area (Å²) in [5.41, 5.74) is 1.37. The van der Waals surface area contributed by atoms with Gasteiger partial charge in [0.15, 0.2) is 0 Å². The summed E-state index contributed by atoms with van der Waals surface area (Å²) in [5, 5.41) is 8.91. The monoisotopic (exact) mass is 428 g/mol. The Morgan fingerprint density at radius 2 is 1.93 bits per heavy atom. The molecule has 0 aliphatic carbocycles. The predicted molar refractivity (Wildman–Crippen MR) is 116 cm³/mol. The maximum Gasteiger partial charge on any atom is 0.319 e. The van der Waals surface area contributed by atoms with E-state index in [0.717, 1.165) is 0 Å². The smallest absolute Gasteiger partial charge is 0.319 e. The zero-order valence-corrected chi connectivity index (χ0v) is 17.5. The fourth-order valence-corrected chi connectivity index (χ4v) is 3.00. The van der Waals surface area contributed by atoms with E-state index in [-0.39, 0.29) is 11.9 Å². The maximum absolute atomic E-state index is 12.2. The molecule has 8 nitrogen and oxygen atoms in total. The van der Waals surface area contributed by atoms with Crippen LogP contribution in [0.25, 0.3) is 10.9 Å². The summed E-state index contributed by atoms with van der Waals surface area (Å²) in [6, 6.07) is 9.59. The van der Waals surface area contributed by atoms with Gasteiger partial charge < -0.3 is 25.4 Å². The van der Waals surface area contributed by atoms with Crippen LogP contribution in [0.3, 0.4) is 0 Å². The molecule has 0 saturated carbocycles. The number of carbonyl (C=O) groups excluding carboxylic acids is 2. The normalized spacial score (nSPS) is 10.4. The van der Waals surface area contributed by atoms with Gasteiger partial charge >= 0.3 is 6.03 Å². The quantitative estimate of drug-likeness (QED) is 0.546. The van der Waals surface area contributed by atoms with Crippen molar-refractivity contribution < 1.29 is 19.1 Å². The number of carbonyl (C=O) groups is 2. The van der Waals surface area contributed by atoms with Crippen LogP contribution in [0.15, 0.2) is 42.6 Å². The molecule has 30 heavy (non-hydrogen) atoms. The third kappa shape index (κ3) is 4.55. The highest BCUT2D eigenvalue weighted by Crippen LogP contribution is 2.35. The van der Waals surface area contributed by atoms with Gasteiger partial charge in [0, 0.05) is 37.3 Å². The number of fused-ring (bicyclic) bond motifs is 1. The number of halogens is 1. The van der Waals surface area contributed by atoms with Gasteiger partial charge in [0.25, 0.3) is 5.91 Å². The van der Waals surface area contributed by atoms with Crippen LogP contribution in [-0.2, 0) is 0 Å². The van der Waals surface area contributed by atoms with E-state index in [1.54, 1.807) is 49.6 Å². The standard InChI is InChI=1S/C21H21ClN4O4/c1-4-24-21(28)26-17-9-12(5-6-15(17)22)30-18-7-8-25-16-11-19(29-3)14(10-13(16)18)20(27)23-2/h5-11H,4H2,1-3H3,(H,23,27)(H2,24,26,28). The first kappa shape index (κ1) is 21.2. The van der Waals surface area contributed by atoms with E-state index in [9.17, 15) is 9.59 Å². The molecule has 0 aliphatic rings. The molecule has 9 heteroatoms. The summed E-state index contributed by atoms with van der Waals surface area (Å²) in [4.78, 5) is 28.4. The Kier molecular flexibility index (Phi) is 6.58. The highest BCUT2D eigenvalue weighted by Gasteiger charge is 2.16. The van der Waals surface area contributed by atoms with Crippen molar-refractivity contribution in [1.29, 1.82) is 0 Å². The molecule has 0 unspecified atom stereocenters. The van der Waals surface area contributed by atoms with E-state index in [1.165, 1.54) is 7.11 Å². The number of rotatable bonds is 6. The molecule has 0 radical (unpaired) electrons. The average molecular weight is 429 g/mol. The molecule has 3 aromatic rings. The Labute approximate surface area is 178 Å². The lowest BCUT2D eigenvalue weighted by Crippen LogP contribution is -2.28. The van der Waals surface area contributed by atoms with E-state index in [2.05, 4.69) is 20.9 Å². The van der Waals surface area contributed by atoms with Crippen molar-refractivity contribution >= 4 is 40.1 Å². The van der Waals surface area contributed by atoms with E-state index in [0.29, 0.717) is 51.0 Å². The topological polar surface area (TPSA) is 102 Å². The van der Waals surface area contributed by atoms with Gasteiger partial charge in [0.05, 0.1) is 28.9 Å². The van der Waals surface area contributed by atoms with Crippen LogP contribution in [-0.4, -0.2) is 37.6 Å². The number of urea groups is 1. The van der Waals surface area contributed by atoms with Crippen molar-refractivity contribution in [3.8, 4) is 17.2 Å². The number of anilines is 1. The molecule has 2 aromatic carbocycles. The molecular weight excluding hydrogens is 408 g/mol. The highest BCUT2D eigenvalue weighted by atomic mass is 35.5. The lowest BCUT2D eigenvalue weighted by molar-refractivity contribution is 0.0960. The molecule has 3 N–H and O–H groups in total. The van der Waals surface area contributed by atoms with Crippen molar-refractivity contribution in [3.63, 3.8) is 0 Å². The second-order valence-electron chi connectivity index (χ2n) is 6.19. The number of hydrogen-bond acceptors (Lipinski definition) is 5. The first-order chi connectivity index (χ1) is 14.5. The zero-order chi connectivity index (χ0) is 21.7. The summed E-state index contributed by atoms with van der Waals surface area (Å²) in [6.07, 6.45) is 1.60. The number of hydrogen-bond donors (Lipinski definition) is 3. The second-order valence-corrected chi connectivity index (χ2v) is 6.59. The number of ether oxygens (including phenoxy) is 2. The number of methoxy groups -OCH3 is 1. The predicted octanol–water partition coefficient (Wildman–Crippen LogP) is 4.19. The lowest BCUT2D eigenvalue weighted by Gasteiger charge is -2.14. The summed E-state index contributed by atoms with van der Waals surface area (Å²) in [7, 11) is 3.04. The van der Waals surface area contributed by atoms with E-state index in [1.807, 2.05) is 6.92 Å². The lowest BCUT2D eigenvalue weighted by atomic mass is 10.1. The second kappa shape index (κ2) is 9.32. The van der Waals surface area contributed by atoms with Crippen LogP contribution >= 0.6 is 11.6 Å². The maximum atomic E-state index is 12.2. The summed E-state index contributed by atoms with van der Waals surface area (Å²) in [5.74, 6) is 1.06. The van der Waals surface area contributed by atoms with E-state index < -0.39 is 0 Å². The molecule has 0 aliphatic heterocycles. The molecule has 0 atom stereocenters. The van der Waals surface area contributed by atoms with Crippen molar-refractivity contribution in [2.75, 3.05) is 26.0 Å². The number of benzene rings is 2. The Balaban J connectivity index is 1.99. The van der Waals surface area contributed by atoms with Crippen LogP contribution in [0, 0.1) is 0 Å². The molecule has 3 amide bonds. The third-order valence-corrected chi connectivity index (χ3v) is 4.58. The molecule has 1 heterocycles. The first-order valence-corrected chi connectivity index (χ1v) is 9.55. The number of nitrogens with one attached hydrogen (secondary N) is 3. The van der Waals surface area contributed by atoms with Gasteiger partial charge in [-0.05, 0) is 31.2 Å². The van der Waals surface area contributed by atoms with Crippen LogP contribution in [0.1, 0.15) is 17.3 Å². The fraction of sp³-hybridized carbons (Fsp3) is 0.190. The van der Waals surface area contributed by atoms with Crippen LogP contribution in [0.5, 0.6) is 17.2 Å². The van der Waals surface area contributed by atoms with Gasteiger partial charge in [-0.25, -0.2) is 4.79 Å². The van der Waals surface area contributed by atoms with Crippen molar-refractivity contribution in [2.24, 2.45) is 0 Å². The molecule has 3 rings (SSSR count). The van der Waals surface area contributed by atoms with Gasteiger partial charge in [-0.3, -0.25) is 9.78 Å². The van der Waals surface area contributed by atoms with Gasteiger partial charge in [-0.1, -0.05) is 11.6 Å². The van der Waals surface area contributed by atoms with Crippen molar-refractivity contribution in [2.45, 2.75) is 6.92 Å².